The van der Waals surface area contributed by atoms with Gasteiger partial charge in [0.15, 0.2) is 6.61 Å². The Balaban J connectivity index is 2.01. The van der Waals surface area contributed by atoms with E-state index in [1.165, 1.54) is 13.2 Å². The van der Waals surface area contributed by atoms with E-state index in [0.29, 0.717) is 12.2 Å². The molecule has 0 spiro atoms. The third-order valence-electron chi connectivity index (χ3n) is 3.93. The van der Waals surface area contributed by atoms with E-state index >= 15 is 0 Å². The third kappa shape index (κ3) is 5.10. The second-order valence-electron chi connectivity index (χ2n) is 5.99. The van der Waals surface area contributed by atoms with Gasteiger partial charge in [0.2, 0.25) is 0 Å². The van der Waals surface area contributed by atoms with E-state index < -0.39 is 24.5 Å². The van der Waals surface area contributed by atoms with Crippen LogP contribution in [0.15, 0.2) is 24.3 Å². The molecule has 2 rings (SSSR count). The van der Waals surface area contributed by atoms with E-state index in [4.69, 9.17) is 16.3 Å². The van der Waals surface area contributed by atoms with Crippen molar-refractivity contribution >= 4 is 35.1 Å². The quantitative estimate of drug-likeness (QED) is 0.674. The van der Waals surface area contributed by atoms with Crippen molar-refractivity contribution in [1.82, 2.24) is 9.78 Å². The molecule has 0 radical (unpaired) electrons. The maximum absolute atomic E-state index is 12.3. The number of hydrogen-bond acceptors (Lipinski definition) is 6. The molecule has 1 aromatic carbocycles. The number of rotatable bonds is 8. The third-order valence-corrected chi connectivity index (χ3v) is 4.32. The zero-order chi connectivity index (χ0) is 20.7. The number of carbonyl (C=O) groups is 3. The molecular formula is C19H22ClN3O5. The summed E-state index contributed by atoms with van der Waals surface area (Å²) < 4.78 is 11.3. The summed E-state index contributed by atoms with van der Waals surface area (Å²) in [6.07, 6.45) is 1.83. The minimum absolute atomic E-state index is 0.139. The molecule has 1 N–H and O–H groups in total. The van der Waals surface area contributed by atoms with Gasteiger partial charge in [-0.15, -0.1) is 0 Å². The summed E-state index contributed by atoms with van der Waals surface area (Å²) in [5.41, 5.74) is 1.03. The molecule has 0 saturated carbocycles. The van der Waals surface area contributed by atoms with E-state index in [-0.39, 0.29) is 22.0 Å². The van der Waals surface area contributed by atoms with Crippen LogP contribution in [0.1, 0.15) is 46.2 Å². The SMILES string of the molecule is CCCCn1nc(C)c(C(=O)OCC(=O)Nc2ccccc2C(=O)OC)c1Cl. The number of aryl methyl sites for hydroxylation is 2. The lowest BCUT2D eigenvalue weighted by molar-refractivity contribution is -0.119. The highest BCUT2D eigenvalue weighted by molar-refractivity contribution is 6.32. The van der Waals surface area contributed by atoms with E-state index in [9.17, 15) is 14.4 Å². The number of esters is 2. The lowest BCUT2D eigenvalue weighted by Gasteiger charge is -2.10. The highest BCUT2D eigenvalue weighted by Gasteiger charge is 2.22. The molecule has 1 amide bonds. The summed E-state index contributed by atoms with van der Waals surface area (Å²) >= 11 is 6.22. The monoisotopic (exact) mass is 407 g/mol. The van der Waals surface area contributed by atoms with Crippen LogP contribution >= 0.6 is 11.6 Å². The number of nitrogens with zero attached hydrogens (tertiary/aromatic N) is 2. The number of para-hydroxylation sites is 1. The van der Waals surface area contributed by atoms with Crippen molar-refractivity contribution in [3.8, 4) is 0 Å². The van der Waals surface area contributed by atoms with Gasteiger partial charge in [-0.2, -0.15) is 5.10 Å². The highest BCUT2D eigenvalue weighted by Crippen LogP contribution is 2.21. The molecule has 9 heteroatoms. The largest absolute Gasteiger partial charge is 0.465 e. The van der Waals surface area contributed by atoms with Crippen LogP contribution in [-0.2, 0) is 20.8 Å². The Morgan fingerprint density at radius 1 is 1.21 bits per heavy atom. The van der Waals surface area contributed by atoms with Gasteiger partial charge in [0.1, 0.15) is 10.7 Å². The van der Waals surface area contributed by atoms with Gasteiger partial charge in [-0.3, -0.25) is 9.48 Å². The van der Waals surface area contributed by atoms with Gasteiger partial charge in [0, 0.05) is 6.54 Å². The van der Waals surface area contributed by atoms with E-state index in [1.54, 1.807) is 29.8 Å². The summed E-state index contributed by atoms with van der Waals surface area (Å²) in [6.45, 7) is 3.74. The minimum atomic E-state index is -0.735. The maximum atomic E-state index is 12.3. The summed E-state index contributed by atoms with van der Waals surface area (Å²) in [5, 5.41) is 6.95. The molecule has 0 bridgehead atoms. The van der Waals surface area contributed by atoms with Crippen molar-refractivity contribution in [3.05, 3.63) is 46.2 Å². The molecule has 28 heavy (non-hydrogen) atoms. The predicted molar refractivity (Wildman–Crippen MR) is 104 cm³/mol. The van der Waals surface area contributed by atoms with Gasteiger partial charge in [-0.05, 0) is 25.5 Å². The fraction of sp³-hybridized carbons (Fsp3) is 0.368. The number of carbonyl (C=O) groups excluding carboxylic acids is 3. The number of aromatic nitrogens is 2. The van der Waals surface area contributed by atoms with Crippen LogP contribution in [0.4, 0.5) is 5.69 Å². The van der Waals surface area contributed by atoms with Crippen LogP contribution in [0, 0.1) is 6.92 Å². The number of nitrogens with one attached hydrogen (secondary N) is 1. The van der Waals surface area contributed by atoms with Crippen molar-refractivity contribution in [2.45, 2.75) is 33.2 Å². The van der Waals surface area contributed by atoms with Gasteiger partial charge < -0.3 is 14.8 Å². The fourth-order valence-corrected chi connectivity index (χ4v) is 2.85. The van der Waals surface area contributed by atoms with Crippen LogP contribution in [-0.4, -0.2) is 41.3 Å². The predicted octanol–water partition coefficient (Wildman–Crippen LogP) is 3.23. The van der Waals surface area contributed by atoms with Crippen molar-refractivity contribution in [2.24, 2.45) is 0 Å². The molecule has 1 heterocycles. The molecule has 0 unspecified atom stereocenters. The number of unbranched alkanes of at least 4 members (excludes halogenated alkanes) is 1. The number of anilines is 1. The molecule has 0 fully saturated rings. The molecule has 150 valence electrons. The molecule has 2 aromatic rings. The normalized spacial score (nSPS) is 10.4. The Bertz CT molecular complexity index is 878. The van der Waals surface area contributed by atoms with E-state index in [0.717, 1.165) is 12.8 Å². The highest BCUT2D eigenvalue weighted by atomic mass is 35.5. The molecule has 0 aliphatic rings. The summed E-state index contributed by atoms with van der Waals surface area (Å²) in [4.78, 5) is 36.2. The molecule has 8 nitrogen and oxygen atoms in total. The lowest BCUT2D eigenvalue weighted by Crippen LogP contribution is -2.22. The first-order valence-corrected chi connectivity index (χ1v) is 9.14. The summed E-state index contributed by atoms with van der Waals surface area (Å²) in [6, 6.07) is 6.36. The first kappa shape index (κ1) is 21.4. The molecule has 1 aromatic heterocycles. The average Bonchev–Trinajstić information content (AvgIpc) is 2.97. The second-order valence-corrected chi connectivity index (χ2v) is 6.35. The minimum Gasteiger partial charge on any atom is -0.465 e. The number of hydrogen-bond donors (Lipinski definition) is 1. The van der Waals surface area contributed by atoms with Crippen LogP contribution in [0.3, 0.4) is 0 Å². The van der Waals surface area contributed by atoms with E-state index in [1.807, 2.05) is 6.92 Å². The smallest absolute Gasteiger partial charge is 0.343 e. The molecule has 0 saturated heterocycles. The van der Waals surface area contributed by atoms with Crippen molar-refractivity contribution in [2.75, 3.05) is 19.0 Å². The first-order chi connectivity index (χ1) is 13.4. The average molecular weight is 408 g/mol. The van der Waals surface area contributed by atoms with Crippen molar-refractivity contribution in [3.63, 3.8) is 0 Å². The Kier molecular flexibility index (Phi) is 7.57. The number of benzene rings is 1. The number of methoxy groups -OCH3 is 1. The molecule has 0 atom stereocenters. The zero-order valence-corrected chi connectivity index (χ0v) is 16.7. The second kappa shape index (κ2) is 9.89. The molecule has 0 aliphatic heterocycles. The summed E-state index contributed by atoms with van der Waals surface area (Å²) in [7, 11) is 1.25. The number of halogens is 1. The standard InChI is InChI=1S/C19H22ClN3O5/c1-4-5-10-23-17(20)16(12(2)22-23)19(26)28-11-15(24)21-14-9-7-6-8-13(14)18(25)27-3/h6-9H,4-5,10-11H2,1-3H3,(H,21,24). The van der Waals surface area contributed by atoms with Crippen LogP contribution in [0.5, 0.6) is 0 Å². The zero-order valence-electron chi connectivity index (χ0n) is 16.0. The van der Waals surface area contributed by atoms with Gasteiger partial charge in [-0.25, -0.2) is 9.59 Å². The van der Waals surface area contributed by atoms with E-state index in [2.05, 4.69) is 15.2 Å². The van der Waals surface area contributed by atoms with Crippen LogP contribution in [0.2, 0.25) is 5.15 Å². The van der Waals surface area contributed by atoms with Gasteiger partial charge in [0.25, 0.3) is 5.91 Å². The lowest BCUT2D eigenvalue weighted by atomic mass is 10.2. The Hall–Kier alpha value is -2.87. The number of ether oxygens (including phenoxy) is 2. The van der Waals surface area contributed by atoms with Gasteiger partial charge in [0.05, 0.1) is 24.1 Å². The maximum Gasteiger partial charge on any atom is 0.343 e. The van der Waals surface area contributed by atoms with Gasteiger partial charge >= 0.3 is 11.9 Å². The van der Waals surface area contributed by atoms with Crippen LogP contribution in [0.25, 0.3) is 0 Å². The Morgan fingerprint density at radius 2 is 1.93 bits per heavy atom. The Labute approximate surface area is 167 Å². The van der Waals surface area contributed by atoms with Crippen molar-refractivity contribution < 1.29 is 23.9 Å². The number of amides is 1. The molecule has 0 aliphatic carbocycles. The summed E-state index contributed by atoms with van der Waals surface area (Å²) in [5.74, 6) is -1.92. The fourth-order valence-electron chi connectivity index (χ4n) is 2.51. The van der Waals surface area contributed by atoms with Crippen LogP contribution < -0.4 is 5.32 Å². The van der Waals surface area contributed by atoms with Gasteiger partial charge in [-0.1, -0.05) is 37.1 Å². The topological polar surface area (TPSA) is 99.5 Å². The first-order valence-electron chi connectivity index (χ1n) is 8.76. The van der Waals surface area contributed by atoms with Crippen molar-refractivity contribution in [1.29, 1.82) is 0 Å². The molecular weight excluding hydrogens is 386 g/mol. The Morgan fingerprint density at radius 3 is 2.61 bits per heavy atom.